The number of carbonyl (C=O) groups is 1. The van der Waals surface area contributed by atoms with E-state index < -0.39 is 0 Å². The maximum absolute atomic E-state index is 11.2. The van der Waals surface area contributed by atoms with Gasteiger partial charge in [-0.25, -0.2) is 4.98 Å². The third-order valence-electron chi connectivity index (χ3n) is 1.15. The molecule has 0 aliphatic rings. The first-order valence-corrected chi connectivity index (χ1v) is 5.60. The molecule has 1 heterocycles. The summed E-state index contributed by atoms with van der Waals surface area (Å²) in [6.45, 7) is 1.83. The quantitative estimate of drug-likeness (QED) is 0.621. The summed E-state index contributed by atoms with van der Waals surface area (Å²) in [6.07, 6.45) is 0. The van der Waals surface area contributed by atoms with Crippen LogP contribution in [0, 0.1) is 6.92 Å². The fourth-order valence-corrected chi connectivity index (χ4v) is 2.63. The van der Waals surface area contributed by atoms with E-state index >= 15 is 0 Å². The number of ketones is 1. The Labute approximate surface area is 85.3 Å². The zero-order valence-electron chi connectivity index (χ0n) is 5.73. The minimum Gasteiger partial charge on any atom is -0.292 e. The van der Waals surface area contributed by atoms with Gasteiger partial charge in [0.25, 0.3) is 0 Å². The van der Waals surface area contributed by atoms with Crippen molar-refractivity contribution in [2.45, 2.75) is 6.92 Å². The molecule has 0 spiro atoms. The molecule has 0 aromatic carbocycles. The number of carbonyl (C=O) groups excluding carboxylic acids is 1. The van der Waals surface area contributed by atoms with Crippen LogP contribution in [0.25, 0.3) is 0 Å². The highest BCUT2D eigenvalue weighted by atomic mass is 79.9. The summed E-state index contributed by atoms with van der Waals surface area (Å²) in [7, 11) is 0. The Bertz CT molecular complexity index is 284. The number of rotatable bonds is 2. The number of nitrogens with zero attached hydrogens (tertiary/aromatic N) is 1. The molecule has 2 nitrogen and oxygen atoms in total. The number of aryl methyl sites for hydroxylation is 1. The van der Waals surface area contributed by atoms with Crippen LogP contribution in [0.5, 0.6) is 0 Å². The van der Waals surface area contributed by atoms with Gasteiger partial charge < -0.3 is 0 Å². The largest absolute Gasteiger partial charge is 0.292 e. The lowest BCUT2D eigenvalue weighted by Crippen LogP contribution is -1.98. The molecule has 0 radical (unpaired) electrons. The van der Waals surface area contributed by atoms with Gasteiger partial charge in [0.2, 0.25) is 0 Å². The van der Waals surface area contributed by atoms with Crippen molar-refractivity contribution in [2.24, 2.45) is 0 Å². The van der Waals surface area contributed by atoms with Gasteiger partial charge in [-0.15, -0.1) is 11.3 Å². The average Bonchev–Trinajstić information content (AvgIpc) is 2.28. The van der Waals surface area contributed by atoms with Gasteiger partial charge in [0.15, 0.2) is 9.70 Å². The minimum atomic E-state index is 0.0886. The molecule has 1 aromatic rings. The standard InChI is InChI=1S/C6H5Br2NOS/c1-3-5(4(10)2-7)11-6(8)9-3/h2H2,1H3. The molecule has 0 atom stereocenters. The van der Waals surface area contributed by atoms with Crippen LogP contribution in [0.2, 0.25) is 0 Å². The average molecular weight is 299 g/mol. The third kappa shape index (κ3) is 2.10. The minimum absolute atomic E-state index is 0.0886. The summed E-state index contributed by atoms with van der Waals surface area (Å²) in [6, 6.07) is 0. The van der Waals surface area contributed by atoms with Gasteiger partial charge in [-0.3, -0.25) is 4.79 Å². The normalized spacial score (nSPS) is 10.1. The van der Waals surface area contributed by atoms with Gasteiger partial charge >= 0.3 is 0 Å². The highest BCUT2D eigenvalue weighted by Crippen LogP contribution is 2.23. The zero-order valence-corrected chi connectivity index (χ0v) is 9.72. The lowest BCUT2D eigenvalue weighted by atomic mass is 10.3. The van der Waals surface area contributed by atoms with Crippen molar-refractivity contribution >= 4 is 49.0 Å². The molecule has 0 bridgehead atoms. The zero-order chi connectivity index (χ0) is 8.43. The van der Waals surface area contributed by atoms with Gasteiger partial charge in [-0.1, -0.05) is 15.9 Å². The van der Waals surface area contributed by atoms with Crippen LogP contribution in [0.4, 0.5) is 0 Å². The number of aromatic nitrogens is 1. The van der Waals surface area contributed by atoms with Crippen molar-refractivity contribution in [1.29, 1.82) is 0 Å². The van der Waals surface area contributed by atoms with Crippen LogP contribution in [0.15, 0.2) is 3.92 Å². The Balaban J connectivity index is 3.03. The van der Waals surface area contributed by atoms with E-state index in [1.807, 2.05) is 6.92 Å². The molecule has 60 valence electrons. The van der Waals surface area contributed by atoms with Crippen molar-refractivity contribution in [1.82, 2.24) is 4.98 Å². The van der Waals surface area contributed by atoms with Gasteiger partial charge in [0, 0.05) is 0 Å². The third-order valence-corrected chi connectivity index (χ3v) is 3.30. The molecule has 0 unspecified atom stereocenters. The SMILES string of the molecule is Cc1nc(Br)sc1C(=O)CBr. The van der Waals surface area contributed by atoms with Crippen LogP contribution in [0.3, 0.4) is 0 Å². The van der Waals surface area contributed by atoms with E-state index in [-0.39, 0.29) is 5.78 Å². The molecule has 0 aliphatic carbocycles. The van der Waals surface area contributed by atoms with Crippen molar-refractivity contribution in [3.05, 3.63) is 14.5 Å². The molecule has 0 fully saturated rings. The van der Waals surface area contributed by atoms with Crippen molar-refractivity contribution in [3.63, 3.8) is 0 Å². The number of halogens is 2. The summed E-state index contributed by atoms with van der Waals surface area (Å²) in [5.74, 6) is 0.0886. The maximum atomic E-state index is 11.2. The van der Waals surface area contributed by atoms with Crippen molar-refractivity contribution in [3.8, 4) is 0 Å². The lowest BCUT2D eigenvalue weighted by molar-refractivity contribution is 0.102. The van der Waals surface area contributed by atoms with Crippen LogP contribution >= 0.6 is 43.2 Å². The van der Waals surface area contributed by atoms with Crippen LogP contribution in [-0.4, -0.2) is 16.1 Å². The monoisotopic (exact) mass is 297 g/mol. The number of thiazole rings is 1. The molecule has 1 aromatic heterocycles. The Hall–Kier alpha value is 0.260. The fourth-order valence-electron chi connectivity index (χ4n) is 0.683. The van der Waals surface area contributed by atoms with Crippen LogP contribution < -0.4 is 0 Å². The molecule has 0 aliphatic heterocycles. The van der Waals surface area contributed by atoms with E-state index in [1.54, 1.807) is 0 Å². The van der Waals surface area contributed by atoms with Crippen LogP contribution in [-0.2, 0) is 0 Å². The first-order valence-electron chi connectivity index (χ1n) is 2.87. The molecule has 11 heavy (non-hydrogen) atoms. The van der Waals surface area contributed by atoms with Gasteiger partial charge in [0.05, 0.1) is 15.9 Å². The predicted molar refractivity (Wildman–Crippen MR) is 52.7 cm³/mol. The van der Waals surface area contributed by atoms with Gasteiger partial charge in [-0.05, 0) is 22.9 Å². The van der Waals surface area contributed by atoms with Crippen LogP contribution in [0.1, 0.15) is 15.4 Å². The Morgan fingerprint density at radius 2 is 2.36 bits per heavy atom. The van der Waals surface area contributed by atoms with Crippen molar-refractivity contribution in [2.75, 3.05) is 5.33 Å². The smallest absolute Gasteiger partial charge is 0.185 e. The molecule has 0 saturated heterocycles. The van der Waals surface area contributed by atoms with E-state index in [4.69, 9.17) is 0 Å². The topological polar surface area (TPSA) is 30.0 Å². The highest BCUT2D eigenvalue weighted by molar-refractivity contribution is 9.11. The summed E-state index contributed by atoms with van der Waals surface area (Å²) < 4.78 is 0.763. The molecule has 0 amide bonds. The molecular weight excluding hydrogens is 294 g/mol. The predicted octanol–water partition coefficient (Wildman–Crippen LogP) is 2.79. The fraction of sp³-hybridized carbons (Fsp3) is 0.333. The Kier molecular flexibility index (Phi) is 3.21. The van der Waals surface area contributed by atoms with E-state index in [0.29, 0.717) is 5.33 Å². The summed E-state index contributed by atoms with van der Waals surface area (Å²) >= 11 is 7.70. The lowest BCUT2D eigenvalue weighted by Gasteiger charge is -1.89. The number of hydrogen-bond acceptors (Lipinski definition) is 3. The summed E-state index contributed by atoms with van der Waals surface area (Å²) in [5, 5.41) is 0.364. The molecule has 5 heteroatoms. The summed E-state index contributed by atoms with van der Waals surface area (Å²) in [5.41, 5.74) is 0.798. The van der Waals surface area contributed by atoms with Crippen molar-refractivity contribution < 1.29 is 4.79 Å². The number of hydrogen-bond donors (Lipinski definition) is 0. The molecule has 1 rings (SSSR count). The Morgan fingerprint density at radius 1 is 1.73 bits per heavy atom. The summed E-state index contributed by atoms with van der Waals surface area (Å²) in [4.78, 5) is 16.0. The van der Waals surface area contributed by atoms with Gasteiger partial charge in [-0.2, -0.15) is 0 Å². The second kappa shape index (κ2) is 3.78. The second-order valence-electron chi connectivity index (χ2n) is 1.94. The number of alkyl halides is 1. The maximum Gasteiger partial charge on any atom is 0.185 e. The second-order valence-corrected chi connectivity index (χ2v) is 4.77. The number of Topliss-reactive ketones (excluding diaryl/α,β-unsaturated/α-hetero) is 1. The molecule has 0 N–H and O–H groups in total. The molecular formula is C6H5Br2NOS. The van der Waals surface area contributed by atoms with E-state index in [2.05, 4.69) is 36.8 Å². The van der Waals surface area contributed by atoms with Gasteiger partial charge in [0.1, 0.15) is 0 Å². The van der Waals surface area contributed by atoms with E-state index in [1.165, 1.54) is 11.3 Å². The van der Waals surface area contributed by atoms with E-state index in [9.17, 15) is 4.79 Å². The van der Waals surface area contributed by atoms with E-state index in [0.717, 1.165) is 14.5 Å². The highest BCUT2D eigenvalue weighted by Gasteiger charge is 2.12. The Morgan fingerprint density at radius 3 is 2.73 bits per heavy atom. The molecule has 0 saturated carbocycles. The first kappa shape index (κ1) is 9.35. The first-order chi connectivity index (χ1) is 5.15.